The maximum atomic E-state index is 12.5. The fraction of sp³-hybridized carbons (Fsp3) is 0.267. The first-order chi connectivity index (χ1) is 10.2. The van der Waals surface area contributed by atoms with E-state index in [9.17, 15) is 4.79 Å². The van der Waals surface area contributed by atoms with Crippen LogP contribution in [0.3, 0.4) is 0 Å². The third kappa shape index (κ3) is 2.05. The topological polar surface area (TPSA) is 63.6 Å². The Hall–Kier alpha value is -2.14. The van der Waals surface area contributed by atoms with Gasteiger partial charge in [0.25, 0.3) is 5.56 Å². The van der Waals surface area contributed by atoms with E-state index in [4.69, 9.17) is 11.6 Å². The van der Waals surface area contributed by atoms with Gasteiger partial charge in [0, 0.05) is 23.6 Å². The lowest BCUT2D eigenvalue weighted by Crippen LogP contribution is -2.28. The summed E-state index contributed by atoms with van der Waals surface area (Å²) >= 11 is 6.01. The number of aromatic amines is 1. The average molecular weight is 301 g/mol. The molecular weight excluding hydrogens is 288 g/mol. The standard InChI is InChI=1S/C15H13ClN4O/c16-10-5-3-4-9(8-10)13-18-12-14(19-13)17-11-6-1-2-7-20(11)15(12)21/h3-5,8H,1-2,6-7H2,(H,18,19). The van der Waals surface area contributed by atoms with E-state index in [-0.39, 0.29) is 5.56 Å². The third-order valence-electron chi connectivity index (χ3n) is 3.82. The normalized spacial score (nSPS) is 14.3. The first-order valence-corrected chi connectivity index (χ1v) is 7.35. The summed E-state index contributed by atoms with van der Waals surface area (Å²) in [5.41, 5.74) is 1.75. The minimum absolute atomic E-state index is 0.0563. The highest BCUT2D eigenvalue weighted by atomic mass is 35.5. The van der Waals surface area contributed by atoms with E-state index in [0.29, 0.717) is 22.0 Å². The minimum atomic E-state index is -0.0563. The van der Waals surface area contributed by atoms with Crippen molar-refractivity contribution in [1.82, 2.24) is 19.5 Å². The first-order valence-electron chi connectivity index (χ1n) is 6.98. The maximum absolute atomic E-state index is 12.5. The Balaban J connectivity index is 1.94. The molecule has 4 rings (SSSR count). The number of halogens is 1. The van der Waals surface area contributed by atoms with E-state index >= 15 is 0 Å². The number of hydrogen-bond acceptors (Lipinski definition) is 3. The highest BCUT2D eigenvalue weighted by molar-refractivity contribution is 6.30. The molecule has 5 nitrogen and oxygen atoms in total. The van der Waals surface area contributed by atoms with Gasteiger partial charge >= 0.3 is 0 Å². The zero-order valence-electron chi connectivity index (χ0n) is 11.3. The Bertz CT molecular complexity index is 896. The van der Waals surface area contributed by atoms with E-state index in [1.165, 1.54) is 0 Å². The quantitative estimate of drug-likeness (QED) is 0.751. The van der Waals surface area contributed by atoms with Crippen molar-refractivity contribution in [2.45, 2.75) is 25.8 Å². The molecule has 2 aromatic heterocycles. The van der Waals surface area contributed by atoms with Gasteiger partial charge in [-0.15, -0.1) is 0 Å². The van der Waals surface area contributed by atoms with Crippen LogP contribution in [-0.4, -0.2) is 19.5 Å². The molecule has 0 fully saturated rings. The number of rotatable bonds is 1. The number of nitrogens with zero attached hydrogens (tertiary/aromatic N) is 3. The molecule has 3 heterocycles. The van der Waals surface area contributed by atoms with Gasteiger partial charge in [-0.05, 0) is 25.0 Å². The molecule has 106 valence electrons. The van der Waals surface area contributed by atoms with E-state index in [1.807, 2.05) is 18.2 Å². The molecule has 21 heavy (non-hydrogen) atoms. The smallest absolute Gasteiger partial charge is 0.281 e. The van der Waals surface area contributed by atoms with Crippen molar-refractivity contribution in [2.24, 2.45) is 0 Å². The Labute approximate surface area is 125 Å². The van der Waals surface area contributed by atoms with Gasteiger partial charge in [-0.3, -0.25) is 9.36 Å². The number of benzene rings is 1. The average Bonchev–Trinajstić information content (AvgIpc) is 2.92. The minimum Gasteiger partial charge on any atom is -0.322 e. The van der Waals surface area contributed by atoms with Gasteiger partial charge in [0.2, 0.25) is 0 Å². The summed E-state index contributed by atoms with van der Waals surface area (Å²) in [5.74, 6) is 1.47. The number of aromatic nitrogens is 4. The SMILES string of the molecule is O=c1c2nc(-c3cccc(Cl)c3)[nH]c2nc2n1CCCC2. The largest absolute Gasteiger partial charge is 0.322 e. The van der Waals surface area contributed by atoms with Gasteiger partial charge in [-0.2, -0.15) is 0 Å². The van der Waals surface area contributed by atoms with Gasteiger partial charge in [-0.25, -0.2) is 9.97 Å². The van der Waals surface area contributed by atoms with E-state index in [1.54, 1.807) is 10.6 Å². The van der Waals surface area contributed by atoms with Crippen LogP contribution < -0.4 is 5.56 Å². The molecule has 6 heteroatoms. The highest BCUT2D eigenvalue weighted by Gasteiger charge is 2.17. The highest BCUT2D eigenvalue weighted by Crippen LogP contribution is 2.22. The molecule has 1 aliphatic rings. The Morgan fingerprint density at radius 2 is 2.14 bits per heavy atom. The van der Waals surface area contributed by atoms with E-state index < -0.39 is 0 Å². The van der Waals surface area contributed by atoms with Crippen molar-refractivity contribution in [3.05, 3.63) is 45.5 Å². The molecule has 0 saturated carbocycles. The van der Waals surface area contributed by atoms with Crippen LogP contribution in [0.1, 0.15) is 18.7 Å². The lowest BCUT2D eigenvalue weighted by molar-refractivity contribution is 0.500. The summed E-state index contributed by atoms with van der Waals surface area (Å²) in [4.78, 5) is 24.6. The van der Waals surface area contributed by atoms with Crippen molar-refractivity contribution in [3.63, 3.8) is 0 Å². The van der Waals surface area contributed by atoms with Gasteiger partial charge in [0.05, 0.1) is 0 Å². The van der Waals surface area contributed by atoms with Gasteiger partial charge < -0.3 is 4.98 Å². The predicted molar refractivity (Wildman–Crippen MR) is 81.5 cm³/mol. The second-order valence-corrected chi connectivity index (χ2v) is 5.67. The summed E-state index contributed by atoms with van der Waals surface area (Å²) in [7, 11) is 0. The lowest BCUT2D eigenvalue weighted by atomic mass is 10.1. The zero-order chi connectivity index (χ0) is 14.4. The van der Waals surface area contributed by atoms with E-state index in [2.05, 4.69) is 15.0 Å². The van der Waals surface area contributed by atoms with E-state index in [0.717, 1.165) is 37.2 Å². The number of aryl methyl sites for hydroxylation is 1. The summed E-state index contributed by atoms with van der Waals surface area (Å²) < 4.78 is 1.74. The monoisotopic (exact) mass is 300 g/mol. The van der Waals surface area contributed by atoms with Crippen molar-refractivity contribution < 1.29 is 0 Å². The van der Waals surface area contributed by atoms with Gasteiger partial charge in [0.1, 0.15) is 11.6 Å². The fourth-order valence-electron chi connectivity index (χ4n) is 2.78. The Kier molecular flexibility index (Phi) is 2.82. The van der Waals surface area contributed by atoms with Crippen LogP contribution in [-0.2, 0) is 13.0 Å². The molecule has 1 N–H and O–H groups in total. The second kappa shape index (κ2) is 4.70. The van der Waals surface area contributed by atoms with Crippen LogP contribution in [0.5, 0.6) is 0 Å². The van der Waals surface area contributed by atoms with Gasteiger partial charge in [-0.1, -0.05) is 23.7 Å². The second-order valence-electron chi connectivity index (χ2n) is 5.23. The number of nitrogens with one attached hydrogen (secondary N) is 1. The van der Waals surface area contributed by atoms with Crippen LogP contribution >= 0.6 is 11.6 Å². The number of hydrogen-bond donors (Lipinski definition) is 1. The molecule has 0 unspecified atom stereocenters. The maximum Gasteiger partial charge on any atom is 0.281 e. The molecular formula is C15H13ClN4O. The zero-order valence-corrected chi connectivity index (χ0v) is 12.0. The van der Waals surface area contributed by atoms with Crippen LogP contribution in [0.4, 0.5) is 0 Å². The molecule has 0 bridgehead atoms. The van der Waals surface area contributed by atoms with Crippen molar-refractivity contribution in [1.29, 1.82) is 0 Å². The summed E-state index contributed by atoms with van der Waals surface area (Å²) in [6, 6.07) is 7.38. The molecule has 0 saturated heterocycles. The molecule has 1 aliphatic heterocycles. The fourth-order valence-corrected chi connectivity index (χ4v) is 2.97. The third-order valence-corrected chi connectivity index (χ3v) is 4.05. The molecule has 0 spiro atoms. The lowest BCUT2D eigenvalue weighted by Gasteiger charge is -2.16. The molecule has 0 atom stereocenters. The van der Waals surface area contributed by atoms with Crippen molar-refractivity contribution in [3.8, 4) is 11.4 Å². The first kappa shape index (κ1) is 12.6. The van der Waals surface area contributed by atoms with Crippen LogP contribution in [0.25, 0.3) is 22.6 Å². The number of fused-ring (bicyclic) bond motifs is 2. The van der Waals surface area contributed by atoms with Crippen molar-refractivity contribution >= 4 is 22.8 Å². The van der Waals surface area contributed by atoms with Crippen LogP contribution in [0.2, 0.25) is 5.02 Å². The Morgan fingerprint density at radius 1 is 1.24 bits per heavy atom. The predicted octanol–water partition coefficient (Wildman–Crippen LogP) is 2.78. The summed E-state index contributed by atoms with van der Waals surface area (Å²) in [6.07, 6.45) is 2.94. The van der Waals surface area contributed by atoms with Crippen LogP contribution in [0, 0.1) is 0 Å². The molecule has 1 aromatic carbocycles. The Morgan fingerprint density at radius 3 is 3.00 bits per heavy atom. The summed E-state index contributed by atoms with van der Waals surface area (Å²) in [5, 5.41) is 0.636. The number of imidazole rings is 1. The summed E-state index contributed by atoms with van der Waals surface area (Å²) in [6.45, 7) is 0.733. The van der Waals surface area contributed by atoms with Crippen LogP contribution in [0.15, 0.2) is 29.1 Å². The molecule has 3 aromatic rings. The van der Waals surface area contributed by atoms with Gasteiger partial charge in [0.15, 0.2) is 11.2 Å². The molecule has 0 amide bonds. The van der Waals surface area contributed by atoms with Crippen molar-refractivity contribution in [2.75, 3.05) is 0 Å². The molecule has 0 aliphatic carbocycles. The number of H-pyrrole nitrogens is 1. The molecule has 0 radical (unpaired) electrons.